The van der Waals surface area contributed by atoms with Crippen LogP contribution in [0.3, 0.4) is 0 Å². The average molecular weight is 599 g/mol. The molecule has 12 heteroatoms. The van der Waals surface area contributed by atoms with Gasteiger partial charge in [0.15, 0.2) is 15.5 Å². The lowest BCUT2D eigenvalue weighted by atomic mass is 9.93. The Morgan fingerprint density at radius 2 is 1.85 bits per heavy atom. The Bertz CT molecular complexity index is 1470. The fourth-order valence-corrected chi connectivity index (χ4v) is 6.79. The van der Waals surface area contributed by atoms with Crippen molar-refractivity contribution in [3.8, 4) is 16.9 Å². The Morgan fingerprint density at radius 3 is 2.46 bits per heavy atom. The number of nitrogens with zero attached hydrogens (tertiary/aromatic N) is 1. The van der Waals surface area contributed by atoms with E-state index in [0.29, 0.717) is 21.9 Å². The zero-order valence-corrected chi connectivity index (χ0v) is 24.2. The minimum atomic E-state index is -4.05. The average Bonchev–Trinajstić information content (AvgIpc) is 2.85. The molecule has 0 unspecified atom stereocenters. The zero-order valence-electron chi connectivity index (χ0n) is 21.8. The minimum absolute atomic E-state index is 0.0306. The number of amides is 1. The first-order chi connectivity index (χ1) is 18.3. The summed E-state index contributed by atoms with van der Waals surface area (Å²) < 4.78 is 72.7. The van der Waals surface area contributed by atoms with Gasteiger partial charge in [0, 0.05) is 54.2 Å². The summed E-state index contributed by atoms with van der Waals surface area (Å²) in [6, 6.07) is 11.0. The van der Waals surface area contributed by atoms with Crippen molar-refractivity contribution < 1.29 is 30.8 Å². The maximum absolute atomic E-state index is 15.5. The van der Waals surface area contributed by atoms with E-state index in [4.69, 9.17) is 16.3 Å². The standard InChI is InChI=1S/C27H32ClFN2O6S2/c1-19(11-16-38(2,33)34)30-26(32)27(29)12-14-31(15-13-27)39(35,36)25-10-9-21(28)18-24(25)20-5-3-8-23(17-20)37-22-6-4-7-22/h3,5,8-11,16-19,22H,4,6-7,12-15H2,1-2H3,(H,30,32)/b16-11-/t19-/m0/s1. The van der Waals surface area contributed by atoms with Gasteiger partial charge in [0.05, 0.1) is 11.0 Å². The fourth-order valence-electron chi connectivity index (χ4n) is 4.46. The number of benzene rings is 2. The summed E-state index contributed by atoms with van der Waals surface area (Å²) in [5.74, 6) is -0.256. The molecular formula is C27H32ClFN2O6S2. The van der Waals surface area contributed by atoms with E-state index in [9.17, 15) is 21.6 Å². The van der Waals surface area contributed by atoms with Crippen molar-refractivity contribution in [1.82, 2.24) is 9.62 Å². The summed E-state index contributed by atoms with van der Waals surface area (Å²) in [6.45, 7) is 1.12. The van der Waals surface area contributed by atoms with E-state index >= 15 is 4.39 Å². The van der Waals surface area contributed by atoms with E-state index in [1.165, 1.54) is 29.4 Å². The minimum Gasteiger partial charge on any atom is -0.490 e. The van der Waals surface area contributed by atoms with Gasteiger partial charge in [0.2, 0.25) is 10.0 Å². The molecule has 0 radical (unpaired) electrons. The molecule has 39 heavy (non-hydrogen) atoms. The molecule has 8 nitrogen and oxygen atoms in total. The molecule has 2 aliphatic rings. The summed E-state index contributed by atoms with van der Waals surface area (Å²) in [7, 11) is -7.45. The molecule has 1 N–H and O–H groups in total. The SMILES string of the molecule is C[C@@H](/C=C\S(C)(=O)=O)NC(=O)C1(F)CCN(S(=O)(=O)c2ccc(Cl)cc2-c2cccc(OC3CCC3)c2)CC1. The highest BCUT2D eigenvalue weighted by atomic mass is 35.5. The highest BCUT2D eigenvalue weighted by Crippen LogP contribution is 2.37. The summed E-state index contributed by atoms with van der Waals surface area (Å²) in [5, 5.41) is 3.76. The number of piperidine rings is 1. The summed E-state index contributed by atoms with van der Waals surface area (Å²) in [4.78, 5) is 12.7. The summed E-state index contributed by atoms with van der Waals surface area (Å²) >= 11 is 6.25. The van der Waals surface area contributed by atoms with Crippen molar-refractivity contribution in [2.45, 2.75) is 61.7 Å². The number of halogens is 2. The largest absolute Gasteiger partial charge is 0.490 e. The quantitative estimate of drug-likeness (QED) is 0.455. The normalized spacial score (nSPS) is 19.4. The molecule has 0 aromatic heterocycles. The van der Waals surface area contributed by atoms with Crippen LogP contribution in [0.5, 0.6) is 5.75 Å². The highest BCUT2D eigenvalue weighted by Gasteiger charge is 2.45. The molecule has 0 spiro atoms. The van der Waals surface area contributed by atoms with Gasteiger partial charge < -0.3 is 10.1 Å². The highest BCUT2D eigenvalue weighted by molar-refractivity contribution is 7.93. The lowest BCUT2D eigenvalue weighted by Gasteiger charge is -2.35. The van der Waals surface area contributed by atoms with Gasteiger partial charge in [-0.2, -0.15) is 4.31 Å². The Balaban J connectivity index is 1.50. The Morgan fingerprint density at radius 1 is 1.15 bits per heavy atom. The summed E-state index contributed by atoms with van der Waals surface area (Å²) in [6.07, 6.45) is 4.84. The lowest BCUT2D eigenvalue weighted by molar-refractivity contribution is -0.135. The van der Waals surface area contributed by atoms with Crippen molar-refractivity contribution in [1.29, 1.82) is 0 Å². The molecule has 1 heterocycles. The molecule has 1 saturated heterocycles. The number of rotatable bonds is 9. The van der Waals surface area contributed by atoms with Gasteiger partial charge in [-0.1, -0.05) is 29.8 Å². The van der Waals surface area contributed by atoms with Gasteiger partial charge in [0.25, 0.3) is 5.91 Å². The monoisotopic (exact) mass is 598 g/mol. The molecule has 0 bridgehead atoms. The van der Waals surface area contributed by atoms with Gasteiger partial charge in [-0.05, 0) is 62.1 Å². The predicted octanol–water partition coefficient (Wildman–Crippen LogP) is 4.49. The number of sulfone groups is 1. The maximum atomic E-state index is 15.5. The second-order valence-corrected chi connectivity index (χ2v) is 14.4. The smallest absolute Gasteiger partial charge is 0.258 e. The molecule has 1 amide bonds. The molecular weight excluding hydrogens is 567 g/mol. The van der Waals surface area contributed by atoms with Gasteiger partial charge in [0.1, 0.15) is 5.75 Å². The Labute approximate surface area is 234 Å². The molecule has 1 atom stereocenters. The first kappa shape index (κ1) is 29.5. The third kappa shape index (κ3) is 7.19. The van der Waals surface area contributed by atoms with Gasteiger partial charge in [-0.3, -0.25) is 4.79 Å². The molecule has 2 aromatic carbocycles. The number of alkyl halides is 1. The topological polar surface area (TPSA) is 110 Å². The second-order valence-electron chi connectivity index (χ2n) is 10.1. The Hall–Kier alpha value is -2.47. The molecule has 1 aliphatic carbocycles. The number of hydrogen-bond acceptors (Lipinski definition) is 6. The van der Waals surface area contributed by atoms with Crippen LogP contribution in [-0.4, -0.2) is 64.2 Å². The fraction of sp³-hybridized carbons (Fsp3) is 0.444. The number of sulfonamides is 1. The van der Waals surface area contributed by atoms with Crippen LogP contribution >= 0.6 is 11.6 Å². The third-order valence-corrected chi connectivity index (χ3v) is 9.80. The van der Waals surface area contributed by atoms with Gasteiger partial charge in [-0.25, -0.2) is 21.2 Å². The molecule has 2 fully saturated rings. The van der Waals surface area contributed by atoms with Crippen LogP contribution in [0.2, 0.25) is 5.02 Å². The van der Waals surface area contributed by atoms with Crippen LogP contribution in [-0.2, 0) is 24.7 Å². The first-order valence-corrected chi connectivity index (χ1v) is 16.5. The Kier molecular flexibility index (Phi) is 8.75. The van der Waals surface area contributed by atoms with Gasteiger partial charge >= 0.3 is 0 Å². The molecule has 4 rings (SSSR count). The van der Waals surface area contributed by atoms with Crippen LogP contribution < -0.4 is 10.1 Å². The van der Waals surface area contributed by atoms with Crippen LogP contribution in [0.4, 0.5) is 4.39 Å². The molecule has 212 valence electrons. The van der Waals surface area contributed by atoms with Crippen molar-refractivity contribution in [2.75, 3.05) is 19.3 Å². The van der Waals surface area contributed by atoms with E-state index in [-0.39, 0.29) is 36.9 Å². The summed E-state index contributed by atoms with van der Waals surface area (Å²) in [5.41, 5.74) is -1.25. The first-order valence-electron chi connectivity index (χ1n) is 12.7. The van der Waals surface area contributed by atoms with E-state index in [0.717, 1.165) is 30.9 Å². The van der Waals surface area contributed by atoms with Crippen molar-refractivity contribution in [3.63, 3.8) is 0 Å². The van der Waals surface area contributed by atoms with E-state index < -0.39 is 37.5 Å². The maximum Gasteiger partial charge on any atom is 0.258 e. The second kappa shape index (κ2) is 11.6. The van der Waals surface area contributed by atoms with Crippen LogP contribution in [0, 0.1) is 0 Å². The number of nitrogens with one attached hydrogen (secondary N) is 1. The van der Waals surface area contributed by atoms with E-state index in [1.807, 2.05) is 6.07 Å². The molecule has 1 aliphatic heterocycles. The van der Waals surface area contributed by atoms with Crippen molar-refractivity contribution in [2.24, 2.45) is 0 Å². The number of carbonyl (C=O) groups excluding carboxylic acids is 1. The zero-order chi connectivity index (χ0) is 28.4. The number of hydrogen-bond donors (Lipinski definition) is 1. The van der Waals surface area contributed by atoms with E-state index in [2.05, 4.69) is 5.32 Å². The van der Waals surface area contributed by atoms with E-state index in [1.54, 1.807) is 24.3 Å². The molecule has 1 saturated carbocycles. The van der Waals surface area contributed by atoms with Crippen LogP contribution in [0.25, 0.3) is 11.1 Å². The third-order valence-electron chi connectivity index (χ3n) is 6.95. The molecule has 2 aromatic rings. The van der Waals surface area contributed by atoms with Crippen LogP contribution in [0.1, 0.15) is 39.0 Å². The van der Waals surface area contributed by atoms with Crippen LogP contribution in [0.15, 0.2) is 58.8 Å². The van der Waals surface area contributed by atoms with Gasteiger partial charge in [-0.15, -0.1) is 0 Å². The lowest BCUT2D eigenvalue weighted by Crippen LogP contribution is -2.53. The van der Waals surface area contributed by atoms with Crippen molar-refractivity contribution in [3.05, 3.63) is 59.0 Å². The van der Waals surface area contributed by atoms with Crippen molar-refractivity contribution >= 4 is 37.4 Å². The predicted molar refractivity (Wildman–Crippen MR) is 149 cm³/mol. The number of ether oxygens (including phenoxy) is 1. The number of carbonyl (C=O) groups is 1.